The van der Waals surface area contributed by atoms with Gasteiger partial charge in [-0.3, -0.25) is 0 Å². The highest BCUT2D eigenvalue weighted by Gasteiger charge is 2.08. The van der Waals surface area contributed by atoms with Crippen molar-refractivity contribution in [2.75, 3.05) is 5.73 Å². The number of oxazole rings is 1. The van der Waals surface area contributed by atoms with Crippen LogP contribution in [-0.4, -0.2) is 15.2 Å². The highest BCUT2D eigenvalue weighted by molar-refractivity contribution is 8.00. The van der Waals surface area contributed by atoms with Gasteiger partial charge in [-0.1, -0.05) is 23.1 Å². The number of nitrogen functional groups attached to an aromatic ring is 1. The van der Waals surface area contributed by atoms with E-state index in [9.17, 15) is 0 Å². The van der Waals surface area contributed by atoms with Crippen LogP contribution in [0.2, 0.25) is 0 Å². The van der Waals surface area contributed by atoms with Crippen molar-refractivity contribution < 1.29 is 4.42 Å². The van der Waals surface area contributed by atoms with Gasteiger partial charge in [0.2, 0.25) is 5.89 Å². The Balaban J connectivity index is 1.78. The molecule has 0 aliphatic carbocycles. The largest absolute Gasteiger partial charge is 0.440 e. The minimum Gasteiger partial charge on any atom is -0.440 e. The average Bonchev–Trinajstić information content (AvgIpc) is 2.92. The lowest BCUT2D eigenvalue weighted by atomic mass is 10.3. The van der Waals surface area contributed by atoms with Crippen molar-refractivity contribution >= 4 is 39.9 Å². The normalized spacial score (nSPS) is 11.2. The molecule has 5 nitrogen and oxygen atoms in total. The van der Waals surface area contributed by atoms with Gasteiger partial charge in [-0.05, 0) is 19.1 Å². The van der Waals surface area contributed by atoms with Crippen LogP contribution in [0.25, 0.3) is 11.1 Å². The molecule has 0 amide bonds. The van der Waals surface area contributed by atoms with Gasteiger partial charge in [0.05, 0.1) is 5.75 Å². The minimum atomic E-state index is 0.642. The second-order valence-electron chi connectivity index (χ2n) is 3.71. The second kappa shape index (κ2) is 4.58. The van der Waals surface area contributed by atoms with Crippen LogP contribution in [0.5, 0.6) is 0 Å². The zero-order chi connectivity index (χ0) is 12.5. The van der Waals surface area contributed by atoms with Crippen LogP contribution in [0.1, 0.15) is 10.9 Å². The summed E-state index contributed by atoms with van der Waals surface area (Å²) in [5.41, 5.74) is 7.92. The molecule has 0 spiro atoms. The number of hydrogen-bond acceptors (Lipinski definition) is 7. The summed E-state index contributed by atoms with van der Waals surface area (Å²) in [6.45, 7) is 1.93. The molecule has 2 N–H and O–H groups in total. The molecule has 0 unspecified atom stereocenters. The minimum absolute atomic E-state index is 0.642. The highest BCUT2D eigenvalue weighted by Crippen LogP contribution is 2.27. The van der Waals surface area contributed by atoms with Crippen molar-refractivity contribution in [1.82, 2.24) is 15.2 Å². The number of aromatic nitrogens is 3. The van der Waals surface area contributed by atoms with E-state index in [2.05, 4.69) is 15.2 Å². The highest BCUT2D eigenvalue weighted by atomic mass is 32.2. The Labute approximate surface area is 111 Å². The molecule has 0 fully saturated rings. The van der Waals surface area contributed by atoms with Gasteiger partial charge >= 0.3 is 0 Å². The third-order valence-corrected chi connectivity index (χ3v) is 4.24. The van der Waals surface area contributed by atoms with Crippen LogP contribution in [0.15, 0.2) is 27.0 Å². The molecule has 0 bridgehead atoms. The lowest BCUT2D eigenvalue weighted by Crippen LogP contribution is -1.81. The molecular formula is C11H10N4OS2. The first-order chi connectivity index (χ1) is 8.70. The number of hydrogen-bond donors (Lipinski definition) is 1. The number of benzene rings is 1. The summed E-state index contributed by atoms with van der Waals surface area (Å²) in [6.07, 6.45) is 0. The average molecular weight is 278 g/mol. The van der Waals surface area contributed by atoms with Crippen LogP contribution in [0.3, 0.4) is 0 Å². The van der Waals surface area contributed by atoms with Gasteiger partial charge in [0.15, 0.2) is 9.92 Å². The van der Waals surface area contributed by atoms with Crippen LogP contribution in [0, 0.1) is 6.92 Å². The molecule has 7 heteroatoms. The summed E-state index contributed by atoms with van der Waals surface area (Å²) >= 11 is 3.14. The van der Waals surface area contributed by atoms with E-state index >= 15 is 0 Å². The van der Waals surface area contributed by atoms with Crippen LogP contribution in [-0.2, 0) is 5.75 Å². The molecule has 92 valence electrons. The Hall–Kier alpha value is -1.60. The van der Waals surface area contributed by atoms with E-state index in [-0.39, 0.29) is 0 Å². The Kier molecular flexibility index (Phi) is 2.92. The van der Waals surface area contributed by atoms with Crippen molar-refractivity contribution in [2.24, 2.45) is 0 Å². The van der Waals surface area contributed by atoms with E-state index in [0.29, 0.717) is 17.3 Å². The van der Waals surface area contributed by atoms with Gasteiger partial charge in [-0.2, -0.15) is 0 Å². The van der Waals surface area contributed by atoms with E-state index < -0.39 is 0 Å². The number of nitrogens with two attached hydrogens (primary N) is 1. The van der Waals surface area contributed by atoms with E-state index in [1.165, 1.54) is 0 Å². The molecule has 0 aliphatic rings. The summed E-state index contributed by atoms with van der Waals surface area (Å²) in [5, 5.41) is 8.97. The van der Waals surface area contributed by atoms with E-state index in [1.807, 2.05) is 19.1 Å². The van der Waals surface area contributed by atoms with Crippen molar-refractivity contribution in [3.8, 4) is 0 Å². The molecule has 3 rings (SSSR count). The summed E-state index contributed by atoms with van der Waals surface area (Å²) in [7, 11) is 0. The Bertz CT molecular complexity index is 691. The van der Waals surface area contributed by atoms with Crippen molar-refractivity contribution in [3.63, 3.8) is 0 Å². The maximum Gasteiger partial charge on any atom is 0.205 e. The smallest absolute Gasteiger partial charge is 0.205 e. The first kappa shape index (κ1) is 11.5. The number of fused-ring (bicyclic) bond motifs is 1. The van der Waals surface area contributed by atoms with Gasteiger partial charge in [0, 0.05) is 11.8 Å². The number of anilines is 1. The van der Waals surface area contributed by atoms with Gasteiger partial charge in [0.1, 0.15) is 10.5 Å². The molecular weight excluding hydrogens is 268 g/mol. The summed E-state index contributed by atoms with van der Waals surface area (Å²) in [4.78, 5) is 4.39. The van der Waals surface area contributed by atoms with Gasteiger partial charge in [0.25, 0.3) is 0 Å². The Morgan fingerprint density at radius 1 is 1.39 bits per heavy atom. The molecule has 1 aromatic carbocycles. The number of rotatable bonds is 3. The Morgan fingerprint density at radius 3 is 3.06 bits per heavy atom. The van der Waals surface area contributed by atoms with Crippen molar-refractivity contribution in [1.29, 1.82) is 0 Å². The maximum absolute atomic E-state index is 5.69. The van der Waals surface area contributed by atoms with Gasteiger partial charge in [-0.25, -0.2) is 4.98 Å². The first-order valence-electron chi connectivity index (χ1n) is 5.28. The van der Waals surface area contributed by atoms with Gasteiger partial charge in [-0.15, -0.1) is 10.2 Å². The zero-order valence-electron chi connectivity index (χ0n) is 9.58. The molecule has 0 aliphatic heterocycles. The lowest BCUT2D eigenvalue weighted by molar-refractivity contribution is 0.556. The molecule has 18 heavy (non-hydrogen) atoms. The van der Waals surface area contributed by atoms with E-state index in [0.717, 1.165) is 20.4 Å². The van der Waals surface area contributed by atoms with Crippen LogP contribution >= 0.6 is 23.1 Å². The number of thioether (sulfide) groups is 1. The molecule has 0 atom stereocenters. The third-order valence-electron chi connectivity index (χ3n) is 2.28. The number of aryl methyl sites for hydroxylation is 1. The standard InChI is InChI=1S/C11H10N4OS2/c1-6-14-15-11(18-6)17-5-10-13-8-3-2-7(12)4-9(8)16-10/h2-4H,5,12H2,1H3. The SMILES string of the molecule is Cc1nnc(SCc2nc3ccc(N)cc3o2)s1. The fourth-order valence-corrected chi connectivity index (χ4v) is 3.17. The predicted octanol–water partition coefficient (Wildman–Crippen LogP) is 2.86. The van der Waals surface area contributed by atoms with Crippen molar-refractivity contribution in [3.05, 3.63) is 29.1 Å². The molecule has 2 heterocycles. The quantitative estimate of drug-likeness (QED) is 0.586. The molecule has 2 aromatic heterocycles. The third kappa shape index (κ3) is 2.32. The van der Waals surface area contributed by atoms with Crippen LogP contribution < -0.4 is 5.73 Å². The molecule has 3 aromatic rings. The lowest BCUT2D eigenvalue weighted by Gasteiger charge is -1.90. The zero-order valence-corrected chi connectivity index (χ0v) is 11.2. The molecule has 0 saturated carbocycles. The van der Waals surface area contributed by atoms with E-state index in [1.54, 1.807) is 29.2 Å². The van der Waals surface area contributed by atoms with Crippen molar-refractivity contribution in [2.45, 2.75) is 17.0 Å². The summed E-state index contributed by atoms with van der Waals surface area (Å²) in [6, 6.07) is 5.46. The predicted molar refractivity (Wildman–Crippen MR) is 72.6 cm³/mol. The Morgan fingerprint density at radius 2 is 2.28 bits per heavy atom. The molecule has 0 saturated heterocycles. The summed E-state index contributed by atoms with van der Waals surface area (Å²) < 4.78 is 6.55. The fraction of sp³-hybridized carbons (Fsp3) is 0.182. The van der Waals surface area contributed by atoms with Crippen LogP contribution in [0.4, 0.5) is 5.69 Å². The second-order valence-corrected chi connectivity index (χ2v) is 6.11. The topological polar surface area (TPSA) is 77.8 Å². The number of nitrogens with zero attached hydrogens (tertiary/aromatic N) is 3. The molecule has 0 radical (unpaired) electrons. The maximum atomic E-state index is 5.69. The fourth-order valence-electron chi connectivity index (χ4n) is 1.51. The van der Waals surface area contributed by atoms with Gasteiger partial charge < -0.3 is 10.2 Å². The monoisotopic (exact) mass is 278 g/mol. The van der Waals surface area contributed by atoms with E-state index in [4.69, 9.17) is 10.2 Å². The summed E-state index contributed by atoms with van der Waals surface area (Å²) in [5.74, 6) is 1.32. The first-order valence-corrected chi connectivity index (χ1v) is 7.09.